The lowest BCUT2D eigenvalue weighted by atomic mass is 10.2. The number of nitrogens with zero attached hydrogens (tertiary/aromatic N) is 2. The summed E-state index contributed by atoms with van der Waals surface area (Å²) in [6.07, 6.45) is 4.29. The van der Waals surface area contributed by atoms with Gasteiger partial charge in [-0.1, -0.05) is 11.6 Å². The zero-order valence-electron chi connectivity index (χ0n) is 9.15. The Bertz CT molecular complexity index is 394. The van der Waals surface area contributed by atoms with Gasteiger partial charge in [0.1, 0.15) is 10.8 Å². The van der Waals surface area contributed by atoms with E-state index in [-0.39, 0.29) is 22.7 Å². The van der Waals surface area contributed by atoms with Gasteiger partial charge >= 0.3 is 0 Å². The lowest BCUT2D eigenvalue weighted by Crippen LogP contribution is -2.25. The number of nitrogens with one attached hydrogen (secondary N) is 1. The summed E-state index contributed by atoms with van der Waals surface area (Å²) in [5.41, 5.74) is 5.19. The highest BCUT2D eigenvalue weighted by Gasteiger charge is 2.06. The van der Waals surface area contributed by atoms with Crippen LogP contribution in [0.15, 0.2) is 12.4 Å². The van der Waals surface area contributed by atoms with Gasteiger partial charge in [0, 0.05) is 13.0 Å². The van der Waals surface area contributed by atoms with Crippen molar-refractivity contribution in [3.63, 3.8) is 0 Å². The van der Waals surface area contributed by atoms with Crippen LogP contribution in [0.3, 0.4) is 0 Å². The van der Waals surface area contributed by atoms with Crippen LogP contribution >= 0.6 is 11.6 Å². The Balaban J connectivity index is 2.25. The van der Waals surface area contributed by atoms with Crippen molar-refractivity contribution in [2.24, 2.45) is 5.73 Å². The molecule has 6 nitrogen and oxygen atoms in total. The second-order valence-corrected chi connectivity index (χ2v) is 3.79. The molecule has 0 fully saturated rings. The molecular formula is C10H13ClN4O2. The Hall–Kier alpha value is -1.69. The molecule has 0 aliphatic heterocycles. The fourth-order valence-corrected chi connectivity index (χ4v) is 1.24. The molecule has 2 amide bonds. The van der Waals surface area contributed by atoms with Gasteiger partial charge in [-0.25, -0.2) is 9.97 Å². The standard InChI is InChI=1S/C10H13ClN4O2/c11-8-6-14-7(5-15-8)10(17)13-4-2-1-3-9(12)16/h5-6H,1-4H2,(H2,12,16)(H,13,17). The van der Waals surface area contributed by atoms with E-state index in [4.69, 9.17) is 17.3 Å². The van der Waals surface area contributed by atoms with Crippen molar-refractivity contribution in [2.75, 3.05) is 6.54 Å². The van der Waals surface area contributed by atoms with E-state index in [1.165, 1.54) is 12.4 Å². The molecule has 0 atom stereocenters. The Morgan fingerprint density at radius 2 is 2.06 bits per heavy atom. The number of nitrogens with two attached hydrogens (primary N) is 1. The molecule has 3 N–H and O–H groups in total. The Morgan fingerprint density at radius 3 is 2.65 bits per heavy atom. The van der Waals surface area contributed by atoms with Crippen molar-refractivity contribution in [2.45, 2.75) is 19.3 Å². The summed E-state index contributed by atoms with van der Waals surface area (Å²) in [7, 11) is 0. The molecule has 1 heterocycles. The summed E-state index contributed by atoms with van der Waals surface area (Å²) in [5, 5.41) is 2.89. The number of rotatable bonds is 6. The molecule has 1 rings (SSSR count). The molecule has 0 aliphatic carbocycles. The maximum absolute atomic E-state index is 11.5. The van der Waals surface area contributed by atoms with Crippen LogP contribution in [-0.2, 0) is 4.79 Å². The molecule has 0 aromatic carbocycles. The van der Waals surface area contributed by atoms with Gasteiger partial charge in [-0.2, -0.15) is 0 Å². The van der Waals surface area contributed by atoms with E-state index in [0.29, 0.717) is 25.8 Å². The summed E-state index contributed by atoms with van der Waals surface area (Å²) in [5.74, 6) is -0.645. The average molecular weight is 257 g/mol. The van der Waals surface area contributed by atoms with Crippen molar-refractivity contribution in [1.82, 2.24) is 15.3 Å². The Kier molecular flexibility index (Phi) is 5.35. The fraction of sp³-hybridized carbons (Fsp3) is 0.400. The molecular weight excluding hydrogens is 244 g/mol. The number of hydrogen-bond donors (Lipinski definition) is 2. The van der Waals surface area contributed by atoms with Crippen molar-refractivity contribution < 1.29 is 9.59 Å². The summed E-state index contributed by atoms with van der Waals surface area (Å²) in [4.78, 5) is 29.5. The zero-order valence-corrected chi connectivity index (χ0v) is 9.91. The first-order valence-electron chi connectivity index (χ1n) is 5.13. The zero-order chi connectivity index (χ0) is 12.7. The summed E-state index contributed by atoms with van der Waals surface area (Å²) in [6, 6.07) is 0. The van der Waals surface area contributed by atoms with E-state index < -0.39 is 0 Å². The predicted molar refractivity (Wildman–Crippen MR) is 62.4 cm³/mol. The summed E-state index contributed by atoms with van der Waals surface area (Å²) in [6.45, 7) is 0.469. The normalized spacial score (nSPS) is 9.94. The molecule has 0 aliphatic rings. The van der Waals surface area contributed by atoms with E-state index in [2.05, 4.69) is 15.3 Å². The molecule has 92 valence electrons. The van der Waals surface area contributed by atoms with Crippen LogP contribution < -0.4 is 11.1 Å². The lowest BCUT2D eigenvalue weighted by Gasteiger charge is -2.03. The predicted octanol–water partition coefficient (Wildman–Crippen LogP) is 0.515. The van der Waals surface area contributed by atoms with E-state index in [0.717, 1.165) is 0 Å². The van der Waals surface area contributed by atoms with Crippen molar-refractivity contribution in [1.29, 1.82) is 0 Å². The third kappa shape index (κ3) is 5.26. The number of aromatic nitrogens is 2. The number of primary amides is 1. The summed E-state index contributed by atoms with van der Waals surface area (Å²) < 4.78 is 0. The molecule has 17 heavy (non-hydrogen) atoms. The molecule has 0 saturated heterocycles. The third-order valence-corrected chi connectivity index (χ3v) is 2.18. The first-order valence-corrected chi connectivity index (χ1v) is 5.51. The van der Waals surface area contributed by atoms with E-state index >= 15 is 0 Å². The minimum Gasteiger partial charge on any atom is -0.370 e. The van der Waals surface area contributed by atoms with Crippen LogP contribution in [0.2, 0.25) is 5.15 Å². The molecule has 0 bridgehead atoms. The molecule has 7 heteroatoms. The molecule has 1 aromatic rings. The molecule has 0 saturated carbocycles. The van der Waals surface area contributed by atoms with Crippen LogP contribution in [0, 0.1) is 0 Å². The summed E-state index contributed by atoms with van der Waals surface area (Å²) >= 11 is 5.54. The minimum absolute atomic E-state index is 0.212. The third-order valence-electron chi connectivity index (χ3n) is 1.99. The van der Waals surface area contributed by atoms with Gasteiger partial charge in [-0.3, -0.25) is 9.59 Å². The van der Waals surface area contributed by atoms with E-state index in [1.54, 1.807) is 0 Å². The molecule has 0 unspecified atom stereocenters. The van der Waals surface area contributed by atoms with Crippen LogP contribution in [-0.4, -0.2) is 28.3 Å². The van der Waals surface area contributed by atoms with Gasteiger partial charge in [0.15, 0.2) is 0 Å². The van der Waals surface area contributed by atoms with Crippen molar-refractivity contribution >= 4 is 23.4 Å². The topological polar surface area (TPSA) is 98.0 Å². The number of halogens is 1. The van der Waals surface area contributed by atoms with Crippen LogP contribution in [0.25, 0.3) is 0 Å². The van der Waals surface area contributed by atoms with Crippen LogP contribution in [0.5, 0.6) is 0 Å². The second-order valence-electron chi connectivity index (χ2n) is 3.40. The smallest absolute Gasteiger partial charge is 0.271 e. The minimum atomic E-state index is -0.333. The fourth-order valence-electron chi connectivity index (χ4n) is 1.15. The number of unbranched alkanes of at least 4 members (excludes halogenated alkanes) is 1. The second kappa shape index (κ2) is 6.80. The molecule has 0 radical (unpaired) electrons. The van der Waals surface area contributed by atoms with Gasteiger partial charge in [-0.05, 0) is 12.8 Å². The van der Waals surface area contributed by atoms with E-state index in [1.807, 2.05) is 0 Å². The van der Waals surface area contributed by atoms with Gasteiger partial charge in [0.25, 0.3) is 5.91 Å². The highest BCUT2D eigenvalue weighted by Crippen LogP contribution is 2.01. The van der Waals surface area contributed by atoms with Gasteiger partial charge in [0.2, 0.25) is 5.91 Å². The molecule has 1 aromatic heterocycles. The number of carbonyl (C=O) groups excluding carboxylic acids is 2. The highest BCUT2D eigenvalue weighted by molar-refractivity contribution is 6.29. The van der Waals surface area contributed by atoms with Gasteiger partial charge in [0.05, 0.1) is 12.4 Å². The van der Waals surface area contributed by atoms with E-state index in [9.17, 15) is 9.59 Å². The highest BCUT2D eigenvalue weighted by atomic mass is 35.5. The number of hydrogen-bond acceptors (Lipinski definition) is 4. The Labute approximate surface area is 104 Å². The van der Waals surface area contributed by atoms with Gasteiger partial charge in [-0.15, -0.1) is 0 Å². The Morgan fingerprint density at radius 1 is 1.29 bits per heavy atom. The monoisotopic (exact) mass is 256 g/mol. The quantitative estimate of drug-likeness (QED) is 0.725. The van der Waals surface area contributed by atoms with Crippen molar-refractivity contribution in [3.8, 4) is 0 Å². The first-order chi connectivity index (χ1) is 8.09. The van der Waals surface area contributed by atoms with Crippen LogP contribution in [0.4, 0.5) is 0 Å². The van der Waals surface area contributed by atoms with Crippen LogP contribution in [0.1, 0.15) is 29.8 Å². The molecule has 0 spiro atoms. The number of carbonyl (C=O) groups is 2. The largest absolute Gasteiger partial charge is 0.370 e. The number of amides is 2. The first kappa shape index (κ1) is 13.4. The van der Waals surface area contributed by atoms with Crippen molar-refractivity contribution in [3.05, 3.63) is 23.2 Å². The SMILES string of the molecule is NC(=O)CCCCNC(=O)c1cnc(Cl)cn1. The average Bonchev–Trinajstić information content (AvgIpc) is 2.29. The lowest BCUT2D eigenvalue weighted by molar-refractivity contribution is -0.118. The maximum Gasteiger partial charge on any atom is 0.271 e. The van der Waals surface area contributed by atoms with Gasteiger partial charge < -0.3 is 11.1 Å². The maximum atomic E-state index is 11.5.